The Morgan fingerprint density at radius 2 is 1.90 bits per heavy atom. The van der Waals surface area contributed by atoms with Gasteiger partial charge in [-0.1, -0.05) is 25.3 Å². The predicted molar refractivity (Wildman–Crippen MR) is 78.2 cm³/mol. The van der Waals surface area contributed by atoms with Crippen molar-refractivity contribution >= 4 is 11.9 Å². The Morgan fingerprint density at radius 1 is 1.19 bits per heavy atom. The van der Waals surface area contributed by atoms with Crippen LogP contribution >= 0.6 is 0 Å². The lowest BCUT2D eigenvalue weighted by molar-refractivity contribution is -0.140. The fourth-order valence-corrected chi connectivity index (χ4v) is 3.06. The summed E-state index contributed by atoms with van der Waals surface area (Å²) in [5.41, 5.74) is 0.0487. The van der Waals surface area contributed by atoms with E-state index in [4.69, 9.17) is 5.11 Å². The quantitative estimate of drug-likeness (QED) is 0.778. The average Bonchev–Trinajstić information content (AvgIpc) is 2.45. The molecule has 0 spiro atoms. The number of amides is 1. The number of phenolic OH excluding ortho intramolecular Hbond substituents is 1. The molecule has 1 aromatic rings. The Labute approximate surface area is 124 Å². The highest BCUT2D eigenvalue weighted by atomic mass is 16.4. The van der Waals surface area contributed by atoms with Crippen molar-refractivity contribution in [2.24, 2.45) is 5.41 Å². The molecule has 0 atom stereocenters. The van der Waals surface area contributed by atoms with Gasteiger partial charge in [0.2, 0.25) is 0 Å². The molecule has 0 unspecified atom stereocenters. The number of rotatable bonds is 5. The fraction of sp³-hybridized carbons (Fsp3) is 0.500. The lowest BCUT2D eigenvalue weighted by Crippen LogP contribution is -2.40. The lowest BCUT2D eigenvalue weighted by Gasteiger charge is -2.36. The van der Waals surface area contributed by atoms with Gasteiger partial charge in [0.25, 0.3) is 5.91 Å². The van der Waals surface area contributed by atoms with E-state index < -0.39 is 5.97 Å². The fourth-order valence-electron chi connectivity index (χ4n) is 3.06. The molecule has 0 heterocycles. The Kier molecular flexibility index (Phi) is 4.83. The van der Waals surface area contributed by atoms with Crippen molar-refractivity contribution in [2.45, 2.75) is 38.5 Å². The van der Waals surface area contributed by atoms with Crippen LogP contribution in [-0.2, 0) is 4.79 Å². The molecule has 21 heavy (non-hydrogen) atoms. The highest BCUT2D eigenvalue weighted by Crippen LogP contribution is 2.38. The second kappa shape index (κ2) is 6.61. The summed E-state index contributed by atoms with van der Waals surface area (Å²) < 4.78 is 0. The van der Waals surface area contributed by atoms with Crippen LogP contribution < -0.4 is 5.32 Å². The predicted octanol–water partition coefficient (Wildman–Crippen LogP) is 2.55. The molecule has 0 aromatic heterocycles. The highest BCUT2D eigenvalue weighted by molar-refractivity contribution is 5.94. The third-order valence-corrected chi connectivity index (χ3v) is 4.17. The summed E-state index contributed by atoms with van der Waals surface area (Å²) in [7, 11) is 0. The first-order chi connectivity index (χ1) is 10.0. The van der Waals surface area contributed by atoms with Crippen molar-refractivity contribution < 1.29 is 19.8 Å². The zero-order valence-corrected chi connectivity index (χ0v) is 12.0. The summed E-state index contributed by atoms with van der Waals surface area (Å²) in [4.78, 5) is 23.2. The van der Waals surface area contributed by atoms with Gasteiger partial charge >= 0.3 is 5.97 Å². The van der Waals surface area contributed by atoms with Crippen LogP contribution in [0.15, 0.2) is 24.3 Å². The largest absolute Gasteiger partial charge is 0.508 e. The van der Waals surface area contributed by atoms with Crippen molar-refractivity contribution in [1.82, 2.24) is 5.32 Å². The van der Waals surface area contributed by atoms with E-state index in [2.05, 4.69) is 5.32 Å². The minimum atomic E-state index is -0.816. The molecule has 5 nitrogen and oxygen atoms in total. The molecule has 0 saturated heterocycles. The molecule has 1 aliphatic rings. The first-order valence-electron chi connectivity index (χ1n) is 7.30. The Balaban J connectivity index is 2.01. The summed E-state index contributed by atoms with van der Waals surface area (Å²) in [5, 5.41) is 21.3. The van der Waals surface area contributed by atoms with Gasteiger partial charge in [-0.05, 0) is 36.5 Å². The van der Waals surface area contributed by atoms with Gasteiger partial charge < -0.3 is 15.5 Å². The van der Waals surface area contributed by atoms with Gasteiger partial charge in [-0.3, -0.25) is 9.59 Å². The monoisotopic (exact) mass is 291 g/mol. The number of hydrogen-bond acceptors (Lipinski definition) is 3. The minimum Gasteiger partial charge on any atom is -0.508 e. The number of benzene rings is 1. The maximum atomic E-state index is 12.1. The molecule has 0 aliphatic heterocycles. The molecule has 1 amide bonds. The molecule has 1 saturated carbocycles. The minimum absolute atomic E-state index is 0.0422. The van der Waals surface area contributed by atoms with E-state index in [1.807, 2.05) is 0 Å². The van der Waals surface area contributed by atoms with Crippen LogP contribution in [-0.4, -0.2) is 28.6 Å². The summed E-state index contributed by atoms with van der Waals surface area (Å²) in [6, 6.07) is 6.14. The standard InChI is InChI=1S/C16H21NO4/c18-13-6-4-5-12(9-13)15(21)17-11-16(10-14(19)20)7-2-1-3-8-16/h4-6,9,18H,1-3,7-8,10-11H2,(H,17,21)(H,19,20). The van der Waals surface area contributed by atoms with Crippen molar-refractivity contribution in [3.8, 4) is 5.75 Å². The molecule has 5 heteroatoms. The summed E-state index contributed by atoms with van der Waals surface area (Å²) in [6.07, 6.45) is 4.90. The summed E-state index contributed by atoms with van der Waals surface area (Å²) in [6.45, 7) is 0.369. The van der Waals surface area contributed by atoms with Crippen molar-refractivity contribution in [3.63, 3.8) is 0 Å². The molecule has 1 fully saturated rings. The number of aliphatic carboxylic acids is 1. The third-order valence-electron chi connectivity index (χ3n) is 4.17. The maximum absolute atomic E-state index is 12.1. The topological polar surface area (TPSA) is 86.6 Å². The smallest absolute Gasteiger partial charge is 0.303 e. The van der Waals surface area contributed by atoms with Crippen molar-refractivity contribution in [3.05, 3.63) is 29.8 Å². The van der Waals surface area contributed by atoms with Crippen LogP contribution in [0.3, 0.4) is 0 Å². The SMILES string of the molecule is O=C(O)CC1(CNC(=O)c2cccc(O)c2)CCCCC1. The van der Waals surface area contributed by atoms with Gasteiger partial charge in [0.1, 0.15) is 5.75 Å². The number of carbonyl (C=O) groups is 2. The van der Waals surface area contributed by atoms with Gasteiger partial charge in [0.05, 0.1) is 6.42 Å². The molecule has 2 rings (SSSR count). The van der Waals surface area contributed by atoms with Crippen LogP contribution in [0, 0.1) is 5.41 Å². The van der Waals surface area contributed by atoms with Gasteiger partial charge in [0, 0.05) is 12.1 Å². The number of aromatic hydroxyl groups is 1. The Morgan fingerprint density at radius 3 is 2.52 bits per heavy atom. The third kappa shape index (κ3) is 4.21. The van der Waals surface area contributed by atoms with E-state index in [0.717, 1.165) is 32.1 Å². The molecule has 0 bridgehead atoms. The summed E-state index contributed by atoms with van der Waals surface area (Å²) in [5.74, 6) is -1.05. The number of carboxylic acids is 1. The normalized spacial score (nSPS) is 17.1. The number of hydrogen-bond donors (Lipinski definition) is 3. The van der Waals surface area contributed by atoms with Gasteiger partial charge in [0.15, 0.2) is 0 Å². The lowest BCUT2D eigenvalue weighted by atomic mass is 9.71. The Hall–Kier alpha value is -2.04. The molecule has 114 valence electrons. The molecular weight excluding hydrogens is 270 g/mol. The van der Waals surface area contributed by atoms with E-state index in [1.165, 1.54) is 12.1 Å². The van der Waals surface area contributed by atoms with E-state index in [9.17, 15) is 14.7 Å². The molecular formula is C16H21NO4. The van der Waals surface area contributed by atoms with E-state index in [1.54, 1.807) is 12.1 Å². The highest BCUT2D eigenvalue weighted by Gasteiger charge is 2.34. The molecule has 0 radical (unpaired) electrons. The van der Waals surface area contributed by atoms with E-state index in [-0.39, 0.29) is 23.5 Å². The van der Waals surface area contributed by atoms with Gasteiger partial charge in [-0.2, -0.15) is 0 Å². The number of phenols is 1. The first-order valence-corrected chi connectivity index (χ1v) is 7.30. The Bertz CT molecular complexity index is 521. The number of carboxylic acid groups (broad SMARTS) is 1. The second-order valence-electron chi connectivity index (χ2n) is 5.86. The van der Waals surface area contributed by atoms with E-state index >= 15 is 0 Å². The van der Waals surface area contributed by atoms with E-state index in [0.29, 0.717) is 12.1 Å². The van der Waals surface area contributed by atoms with Crippen LogP contribution in [0.5, 0.6) is 5.75 Å². The van der Waals surface area contributed by atoms with Crippen LogP contribution in [0.1, 0.15) is 48.9 Å². The van der Waals surface area contributed by atoms with Crippen molar-refractivity contribution in [2.75, 3.05) is 6.54 Å². The maximum Gasteiger partial charge on any atom is 0.303 e. The zero-order chi connectivity index (χ0) is 15.3. The zero-order valence-electron chi connectivity index (χ0n) is 12.0. The molecule has 1 aromatic carbocycles. The average molecular weight is 291 g/mol. The van der Waals surface area contributed by atoms with Crippen LogP contribution in [0.4, 0.5) is 0 Å². The number of carbonyl (C=O) groups excluding carboxylic acids is 1. The van der Waals surface area contributed by atoms with Gasteiger partial charge in [-0.15, -0.1) is 0 Å². The second-order valence-corrected chi connectivity index (χ2v) is 5.86. The first kappa shape index (κ1) is 15.4. The molecule has 3 N–H and O–H groups in total. The van der Waals surface area contributed by atoms with Gasteiger partial charge in [-0.25, -0.2) is 0 Å². The molecule has 1 aliphatic carbocycles. The summed E-state index contributed by atoms with van der Waals surface area (Å²) >= 11 is 0. The van der Waals surface area contributed by atoms with Crippen LogP contribution in [0.2, 0.25) is 0 Å². The van der Waals surface area contributed by atoms with Crippen molar-refractivity contribution in [1.29, 1.82) is 0 Å². The van der Waals surface area contributed by atoms with Crippen LogP contribution in [0.25, 0.3) is 0 Å². The number of nitrogens with one attached hydrogen (secondary N) is 1.